The van der Waals surface area contributed by atoms with Crippen LogP contribution in [0.2, 0.25) is 5.02 Å². The molecule has 0 saturated heterocycles. The number of nitrogens with zero attached hydrogens (tertiary/aromatic N) is 2. The normalized spacial score (nSPS) is 10.6. The van der Waals surface area contributed by atoms with Crippen molar-refractivity contribution in [3.05, 3.63) is 76.7 Å². The average Bonchev–Trinajstić information content (AvgIpc) is 2.65. The number of halogens is 2. The Kier molecular flexibility index (Phi) is 6.42. The van der Waals surface area contributed by atoms with Gasteiger partial charge in [0, 0.05) is 22.8 Å². The van der Waals surface area contributed by atoms with Crippen molar-refractivity contribution in [2.24, 2.45) is 0 Å². The molecule has 0 aliphatic heterocycles. The van der Waals surface area contributed by atoms with Crippen molar-refractivity contribution < 1.29 is 9.18 Å². The summed E-state index contributed by atoms with van der Waals surface area (Å²) in [6.45, 7) is 2.28. The third-order valence-corrected chi connectivity index (χ3v) is 4.83. The molecule has 0 saturated carbocycles. The Bertz CT molecular complexity index is 950. The van der Waals surface area contributed by atoms with Gasteiger partial charge < -0.3 is 5.32 Å². The first kappa shape index (κ1) is 19.3. The Morgan fingerprint density at radius 1 is 1.15 bits per heavy atom. The second-order valence-corrected chi connectivity index (χ2v) is 7.31. The maximum atomic E-state index is 13.4. The topological polar surface area (TPSA) is 54.9 Å². The number of rotatable bonds is 6. The van der Waals surface area contributed by atoms with Crippen LogP contribution in [0.4, 0.5) is 4.39 Å². The van der Waals surface area contributed by atoms with Crippen molar-refractivity contribution in [3.8, 4) is 11.4 Å². The summed E-state index contributed by atoms with van der Waals surface area (Å²) in [6.07, 6.45) is 0. The van der Waals surface area contributed by atoms with E-state index in [1.54, 1.807) is 30.3 Å². The Hall–Kier alpha value is -2.44. The maximum Gasteiger partial charge on any atom is 0.230 e. The highest BCUT2D eigenvalue weighted by atomic mass is 35.5. The molecule has 1 heterocycles. The summed E-state index contributed by atoms with van der Waals surface area (Å²) in [5, 5.41) is 4.19. The molecule has 0 spiro atoms. The number of thioether (sulfide) groups is 1. The van der Waals surface area contributed by atoms with Gasteiger partial charge in [0.1, 0.15) is 10.8 Å². The van der Waals surface area contributed by atoms with E-state index in [4.69, 9.17) is 11.6 Å². The van der Waals surface area contributed by atoms with Gasteiger partial charge in [-0.1, -0.05) is 47.6 Å². The van der Waals surface area contributed by atoms with E-state index in [9.17, 15) is 9.18 Å². The van der Waals surface area contributed by atoms with Crippen LogP contribution in [-0.4, -0.2) is 21.6 Å². The molecule has 0 atom stereocenters. The van der Waals surface area contributed by atoms with Crippen LogP contribution < -0.4 is 5.32 Å². The van der Waals surface area contributed by atoms with Crippen LogP contribution in [0.5, 0.6) is 0 Å². The van der Waals surface area contributed by atoms with Crippen LogP contribution in [0.3, 0.4) is 0 Å². The molecule has 3 rings (SSSR count). The maximum absolute atomic E-state index is 13.4. The molecule has 0 bridgehead atoms. The Labute approximate surface area is 166 Å². The summed E-state index contributed by atoms with van der Waals surface area (Å²) in [5.74, 6) is 0.234. The summed E-state index contributed by atoms with van der Waals surface area (Å²) in [5.41, 5.74) is 2.34. The fourth-order valence-electron chi connectivity index (χ4n) is 2.36. The molecule has 0 fully saturated rings. The third kappa shape index (κ3) is 5.77. The lowest BCUT2D eigenvalue weighted by molar-refractivity contribution is -0.118. The lowest BCUT2D eigenvalue weighted by Gasteiger charge is -2.07. The van der Waals surface area contributed by atoms with Crippen LogP contribution in [0.15, 0.2) is 59.6 Å². The molecular formula is C20H17ClFN3OS. The first-order chi connectivity index (χ1) is 13.0. The first-order valence-electron chi connectivity index (χ1n) is 8.25. The number of aromatic nitrogens is 2. The molecule has 0 aliphatic carbocycles. The van der Waals surface area contributed by atoms with E-state index in [1.165, 1.54) is 23.9 Å². The minimum Gasteiger partial charge on any atom is -0.351 e. The van der Waals surface area contributed by atoms with Gasteiger partial charge in [0.25, 0.3) is 0 Å². The van der Waals surface area contributed by atoms with Crippen LogP contribution >= 0.6 is 23.4 Å². The van der Waals surface area contributed by atoms with E-state index in [2.05, 4.69) is 15.3 Å². The molecule has 138 valence electrons. The fraction of sp³-hybridized carbons (Fsp3) is 0.150. The van der Waals surface area contributed by atoms with Gasteiger partial charge in [-0.3, -0.25) is 4.79 Å². The van der Waals surface area contributed by atoms with Crippen LogP contribution in [0.25, 0.3) is 11.4 Å². The number of hydrogen-bond acceptors (Lipinski definition) is 4. The molecule has 1 amide bonds. The van der Waals surface area contributed by atoms with E-state index >= 15 is 0 Å². The lowest BCUT2D eigenvalue weighted by atomic mass is 10.2. The van der Waals surface area contributed by atoms with Crippen molar-refractivity contribution in [2.45, 2.75) is 18.5 Å². The summed E-state index contributed by atoms with van der Waals surface area (Å²) < 4.78 is 13.4. The van der Waals surface area contributed by atoms with Crippen molar-refractivity contribution in [3.63, 3.8) is 0 Å². The van der Waals surface area contributed by atoms with E-state index < -0.39 is 0 Å². The van der Waals surface area contributed by atoms with Gasteiger partial charge in [0.2, 0.25) is 5.91 Å². The number of amides is 1. The molecule has 1 N–H and O–H groups in total. The summed E-state index contributed by atoms with van der Waals surface area (Å²) >= 11 is 7.16. The number of carbonyl (C=O) groups excluding carboxylic acids is 1. The standard InChI is InChI=1S/C20H17ClFN3OS/c1-13-9-19(25-20(24-13)15-3-2-4-17(22)10-15)27-12-18(26)23-11-14-5-7-16(21)8-6-14/h2-10H,11-12H2,1H3,(H,23,26). The third-order valence-electron chi connectivity index (χ3n) is 3.67. The van der Waals surface area contributed by atoms with Gasteiger partial charge in [-0.05, 0) is 42.8 Å². The molecule has 3 aromatic rings. The smallest absolute Gasteiger partial charge is 0.230 e. The number of aryl methyl sites for hydroxylation is 1. The molecule has 2 aromatic carbocycles. The number of nitrogens with one attached hydrogen (secondary N) is 1. The number of carbonyl (C=O) groups is 1. The monoisotopic (exact) mass is 401 g/mol. The number of benzene rings is 2. The zero-order chi connectivity index (χ0) is 19.2. The highest BCUT2D eigenvalue weighted by Crippen LogP contribution is 2.22. The van der Waals surface area contributed by atoms with Crippen molar-refractivity contribution in [1.29, 1.82) is 0 Å². The highest BCUT2D eigenvalue weighted by molar-refractivity contribution is 7.99. The molecule has 0 radical (unpaired) electrons. The Morgan fingerprint density at radius 3 is 2.67 bits per heavy atom. The zero-order valence-electron chi connectivity index (χ0n) is 14.6. The zero-order valence-corrected chi connectivity index (χ0v) is 16.1. The van der Waals surface area contributed by atoms with Gasteiger partial charge in [0.15, 0.2) is 5.82 Å². The van der Waals surface area contributed by atoms with Crippen LogP contribution in [-0.2, 0) is 11.3 Å². The highest BCUT2D eigenvalue weighted by Gasteiger charge is 2.09. The van der Waals surface area contributed by atoms with Gasteiger partial charge in [-0.15, -0.1) is 0 Å². The second kappa shape index (κ2) is 8.97. The minimum absolute atomic E-state index is 0.0986. The van der Waals surface area contributed by atoms with Crippen molar-refractivity contribution in [2.75, 3.05) is 5.75 Å². The fourth-order valence-corrected chi connectivity index (χ4v) is 3.28. The van der Waals surface area contributed by atoms with Crippen LogP contribution in [0, 0.1) is 12.7 Å². The Morgan fingerprint density at radius 2 is 1.93 bits per heavy atom. The van der Waals surface area contributed by atoms with Crippen LogP contribution in [0.1, 0.15) is 11.3 Å². The van der Waals surface area contributed by atoms with Gasteiger partial charge >= 0.3 is 0 Å². The minimum atomic E-state index is -0.339. The van der Waals surface area contributed by atoms with Gasteiger partial charge in [0.05, 0.1) is 5.75 Å². The lowest BCUT2D eigenvalue weighted by Crippen LogP contribution is -2.24. The first-order valence-corrected chi connectivity index (χ1v) is 9.61. The largest absolute Gasteiger partial charge is 0.351 e. The molecule has 27 heavy (non-hydrogen) atoms. The summed E-state index contributed by atoms with van der Waals surface area (Å²) in [7, 11) is 0. The van der Waals surface area contributed by atoms with E-state index in [1.807, 2.05) is 19.1 Å². The summed E-state index contributed by atoms with van der Waals surface area (Å²) in [6, 6.07) is 15.3. The molecule has 0 aliphatic rings. The quantitative estimate of drug-likeness (QED) is 0.482. The molecule has 1 aromatic heterocycles. The van der Waals surface area contributed by atoms with E-state index in [0.717, 1.165) is 11.3 Å². The second-order valence-electron chi connectivity index (χ2n) is 5.87. The molecular weight excluding hydrogens is 385 g/mol. The Balaban J connectivity index is 1.60. The molecule has 4 nitrogen and oxygen atoms in total. The van der Waals surface area contributed by atoms with E-state index in [0.29, 0.717) is 28.0 Å². The average molecular weight is 402 g/mol. The van der Waals surface area contributed by atoms with Crippen molar-refractivity contribution in [1.82, 2.24) is 15.3 Å². The van der Waals surface area contributed by atoms with E-state index in [-0.39, 0.29) is 17.5 Å². The van der Waals surface area contributed by atoms with Gasteiger partial charge in [-0.2, -0.15) is 0 Å². The predicted octanol–water partition coefficient (Wildman–Crippen LogP) is 4.65. The summed E-state index contributed by atoms with van der Waals surface area (Å²) in [4.78, 5) is 20.9. The van der Waals surface area contributed by atoms with Crippen molar-refractivity contribution >= 4 is 29.3 Å². The van der Waals surface area contributed by atoms with Gasteiger partial charge in [-0.25, -0.2) is 14.4 Å². The number of hydrogen-bond donors (Lipinski definition) is 1. The predicted molar refractivity (Wildman–Crippen MR) is 106 cm³/mol. The molecule has 7 heteroatoms. The molecule has 0 unspecified atom stereocenters. The SMILES string of the molecule is Cc1cc(SCC(=O)NCc2ccc(Cl)cc2)nc(-c2cccc(F)c2)n1.